The maximum atomic E-state index is 13.4. The molecule has 2 aromatic carbocycles. The van der Waals surface area contributed by atoms with Gasteiger partial charge in [-0.1, -0.05) is 37.1 Å². The number of rotatable bonds is 12. The van der Waals surface area contributed by atoms with Crippen molar-refractivity contribution in [2.45, 2.75) is 49.1 Å². The number of sulfonamides is 1. The Bertz CT molecular complexity index is 1090. The lowest BCUT2D eigenvalue weighted by Crippen LogP contribution is -2.31. The molecule has 1 aliphatic rings. The standard InChI is InChI=1S/C25H33FN4O3S/c1-3-14-27-25(31)20-10-8-13-23(17-20)34(32,33)30(2)15-6-4-5-12-22-18-24(29-28-22)19-9-7-11-21(26)16-19/h3,7-11,13,16-17,22,24,28-29H,1,4-6,12,14-15,18H2,2H3,(H,27,31). The summed E-state index contributed by atoms with van der Waals surface area (Å²) in [7, 11) is -2.12. The summed E-state index contributed by atoms with van der Waals surface area (Å²) in [6, 6.07) is 13.1. The average Bonchev–Trinajstić information content (AvgIpc) is 3.31. The molecule has 0 saturated carbocycles. The summed E-state index contributed by atoms with van der Waals surface area (Å²) in [5.74, 6) is -0.571. The van der Waals surface area contributed by atoms with Crippen molar-refractivity contribution in [1.29, 1.82) is 0 Å². The molecule has 2 aromatic rings. The van der Waals surface area contributed by atoms with Crippen molar-refractivity contribution in [2.75, 3.05) is 20.1 Å². The molecule has 1 aliphatic heterocycles. The lowest BCUT2D eigenvalue weighted by Gasteiger charge is -2.18. The van der Waals surface area contributed by atoms with Crippen molar-refractivity contribution >= 4 is 15.9 Å². The SMILES string of the molecule is C=CCNC(=O)c1cccc(S(=O)(=O)N(C)CCCCCC2CC(c3cccc(F)c3)NN2)c1. The molecule has 0 aliphatic carbocycles. The highest BCUT2D eigenvalue weighted by Crippen LogP contribution is 2.25. The van der Waals surface area contributed by atoms with Gasteiger partial charge in [0.25, 0.3) is 5.91 Å². The Morgan fingerprint density at radius 2 is 1.97 bits per heavy atom. The third-order valence-electron chi connectivity index (χ3n) is 5.97. The van der Waals surface area contributed by atoms with Crippen molar-refractivity contribution in [2.24, 2.45) is 0 Å². The Labute approximate surface area is 201 Å². The third-order valence-corrected chi connectivity index (χ3v) is 7.82. The highest BCUT2D eigenvalue weighted by Gasteiger charge is 2.25. The van der Waals surface area contributed by atoms with Gasteiger partial charge in [-0.15, -0.1) is 6.58 Å². The molecule has 0 spiro atoms. The molecule has 0 aromatic heterocycles. The van der Waals surface area contributed by atoms with Crippen molar-refractivity contribution in [3.63, 3.8) is 0 Å². The van der Waals surface area contributed by atoms with Crippen LogP contribution in [-0.2, 0) is 10.0 Å². The van der Waals surface area contributed by atoms with Crippen LogP contribution in [0.5, 0.6) is 0 Å². The van der Waals surface area contributed by atoms with E-state index in [2.05, 4.69) is 22.7 Å². The molecule has 9 heteroatoms. The van der Waals surface area contributed by atoms with Gasteiger partial charge in [-0.05, 0) is 55.2 Å². The fraction of sp³-hybridized carbons (Fsp3) is 0.400. The van der Waals surface area contributed by atoms with Crippen LogP contribution in [0.3, 0.4) is 0 Å². The molecular weight excluding hydrogens is 455 g/mol. The van der Waals surface area contributed by atoms with E-state index in [1.807, 2.05) is 6.07 Å². The highest BCUT2D eigenvalue weighted by atomic mass is 32.2. The molecule has 3 N–H and O–H groups in total. The van der Waals surface area contributed by atoms with Crippen LogP contribution in [0.4, 0.5) is 4.39 Å². The van der Waals surface area contributed by atoms with Gasteiger partial charge >= 0.3 is 0 Å². The van der Waals surface area contributed by atoms with E-state index in [0.29, 0.717) is 24.7 Å². The molecule has 7 nitrogen and oxygen atoms in total. The number of hydrogen-bond acceptors (Lipinski definition) is 5. The van der Waals surface area contributed by atoms with Crippen LogP contribution in [0, 0.1) is 5.82 Å². The Morgan fingerprint density at radius 3 is 2.74 bits per heavy atom. The van der Waals surface area contributed by atoms with Crippen molar-refractivity contribution in [1.82, 2.24) is 20.5 Å². The second kappa shape index (κ2) is 12.2. The molecule has 1 amide bonds. The molecule has 1 heterocycles. The van der Waals surface area contributed by atoms with Gasteiger partial charge < -0.3 is 5.32 Å². The fourth-order valence-electron chi connectivity index (χ4n) is 4.02. The van der Waals surface area contributed by atoms with Crippen LogP contribution in [0.2, 0.25) is 0 Å². The van der Waals surface area contributed by atoms with Gasteiger partial charge in [0, 0.05) is 37.8 Å². The van der Waals surface area contributed by atoms with Gasteiger partial charge in [-0.3, -0.25) is 15.6 Å². The van der Waals surface area contributed by atoms with Crippen LogP contribution in [-0.4, -0.2) is 44.8 Å². The van der Waals surface area contributed by atoms with Crippen LogP contribution < -0.4 is 16.2 Å². The minimum absolute atomic E-state index is 0.0894. The number of carbonyl (C=O) groups excluding carboxylic acids is 1. The quantitative estimate of drug-likeness (QED) is 0.314. The Hall–Kier alpha value is -2.59. The monoisotopic (exact) mass is 488 g/mol. The topological polar surface area (TPSA) is 90.5 Å². The zero-order valence-corrected chi connectivity index (χ0v) is 20.3. The Balaban J connectivity index is 1.42. The lowest BCUT2D eigenvalue weighted by molar-refractivity contribution is 0.0958. The maximum Gasteiger partial charge on any atom is 0.251 e. The number of carbonyl (C=O) groups is 1. The molecule has 3 rings (SSSR count). The maximum absolute atomic E-state index is 13.4. The summed E-state index contributed by atoms with van der Waals surface area (Å²) in [5.41, 5.74) is 7.74. The number of halogens is 1. The van der Waals surface area contributed by atoms with E-state index in [4.69, 9.17) is 0 Å². The molecule has 0 bridgehead atoms. The van der Waals surface area contributed by atoms with E-state index < -0.39 is 10.0 Å². The van der Waals surface area contributed by atoms with Crippen molar-refractivity contribution in [3.8, 4) is 0 Å². The van der Waals surface area contributed by atoms with Crippen LogP contribution in [0.25, 0.3) is 0 Å². The van der Waals surface area contributed by atoms with Gasteiger partial charge in [-0.25, -0.2) is 17.1 Å². The summed E-state index contributed by atoms with van der Waals surface area (Å²) >= 11 is 0. The van der Waals surface area contributed by atoms with Crippen molar-refractivity contribution in [3.05, 3.63) is 78.1 Å². The van der Waals surface area contributed by atoms with E-state index in [1.54, 1.807) is 37.4 Å². The highest BCUT2D eigenvalue weighted by molar-refractivity contribution is 7.89. The number of amides is 1. The minimum atomic E-state index is -3.68. The van der Waals surface area contributed by atoms with Gasteiger partial charge in [0.1, 0.15) is 5.82 Å². The largest absolute Gasteiger partial charge is 0.349 e. The molecule has 2 atom stereocenters. The lowest BCUT2D eigenvalue weighted by atomic mass is 9.99. The van der Waals surface area contributed by atoms with E-state index in [9.17, 15) is 17.6 Å². The molecule has 2 unspecified atom stereocenters. The predicted molar refractivity (Wildman–Crippen MR) is 131 cm³/mol. The summed E-state index contributed by atoms with van der Waals surface area (Å²) in [4.78, 5) is 12.2. The Kier molecular flexibility index (Phi) is 9.35. The number of hydrogen-bond donors (Lipinski definition) is 3. The molecule has 184 valence electrons. The smallest absolute Gasteiger partial charge is 0.251 e. The van der Waals surface area contributed by atoms with Crippen molar-refractivity contribution < 1.29 is 17.6 Å². The predicted octanol–water partition coefficient (Wildman–Crippen LogP) is 3.53. The Morgan fingerprint density at radius 1 is 1.18 bits per heavy atom. The second-order valence-electron chi connectivity index (χ2n) is 8.53. The molecule has 1 saturated heterocycles. The third kappa shape index (κ3) is 6.96. The zero-order chi connectivity index (χ0) is 24.6. The molecule has 34 heavy (non-hydrogen) atoms. The first-order valence-electron chi connectivity index (χ1n) is 11.5. The summed E-state index contributed by atoms with van der Waals surface area (Å²) in [6.45, 7) is 4.27. The van der Waals surface area contributed by atoms with Crippen LogP contribution >= 0.6 is 0 Å². The van der Waals surface area contributed by atoms with E-state index in [0.717, 1.165) is 37.7 Å². The number of nitrogens with zero attached hydrogens (tertiary/aromatic N) is 1. The molecule has 1 fully saturated rings. The number of hydrazine groups is 1. The van der Waals surface area contributed by atoms with Gasteiger partial charge in [-0.2, -0.15) is 0 Å². The first-order valence-corrected chi connectivity index (χ1v) is 13.0. The van der Waals surface area contributed by atoms with E-state index in [-0.39, 0.29) is 22.7 Å². The molecular formula is C25H33FN4O3S. The first-order chi connectivity index (χ1) is 16.3. The normalized spacial score (nSPS) is 18.2. The van der Waals surface area contributed by atoms with Crippen LogP contribution in [0.1, 0.15) is 54.1 Å². The zero-order valence-electron chi connectivity index (χ0n) is 19.5. The van der Waals surface area contributed by atoms with Gasteiger partial charge in [0.15, 0.2) is 0 Å². The minimum Gasteiger partial charge on any atom is -0.349 e. The van der Waals surface area contributed by atoms with Gasteiger partial charge in [0.2, 0.25) is 10.0 Å². The van der Waals surface area contributed by atoms with Crippen LogP contribution in [0.15, 0.2) is 66.1 Å². The summed E-state index contributed by atoms with van der Waals surface area (Å²) in [6.07, 6.45) is 6.00. The molecule has 0 radical (unpaired) electrons. The number of nitrogens with one attached hydrogen (secondary N) is 3. The van der Waals surface area contributed by atoms with E-state index in [1.165, 1.54) is 22.5 Å². The number of unbranched alkanes of at least 4 members (excludes halogenated alkanes) is 2. The second-order valence-corrected chi connectivity index (χ2v) is 10.6. The first kappa shape index (κ1) is 26.0. The fourth-order valence-corrected chi connectivity index (χ4v) is 5.28. The van der Waals surface area contributed by atoms with E-state index >= 15 is 0 Å². The summed E-state index contributed by atoms with van der Waals surface area (Å²) in [5, 5.41) is 2.65. The van der Waals surface area contributed by atoms with Gasteiger partial charge in [0.05, 0.1) is 4.90 Å². The summed E-state index contributed by atoms with van der Waals surface area (Å²) < 4.78 is 40.6. The average molecular weight is 489 g/mol. The number of benzene rings is 2.